The Morgan fingerprint density at radius 1 is 1.25 bits per heavy atom. The van der Waals surface area contributed by atoms with Gasteiger partial charge in [0.2, 0.25) is 6.79 Å². The van der Waals surface area contributed by atoms with Gasteiger partial charge in [0, 0.05) is 0 Å². The van der Waals surface area contributed by atoms with Crippen LogP contribution in [0.2, 0.25) is 0 Å². The van der Waals surface area contributed by atoms with E-state index < -0.39 is 23.4 Å². The fraction of sp³-hybridized carbons (Fsp3) is 0.316. The molecular formula is C19H18N2O7. The summed E-state index contributed by atoms with van der Waals surface area (Å²) < 4.78 is 20.9. The highest BCUT2D eigenvalue weighted by Gasteiger charge is 2.49. The summed E-state index contributed by atoms with van der Waals surface area (Å²) in [6.45, 7) is 3.24. The van der Waals surface area contributed by atoms with E-state index in [2.05, 4.69) is 10.1 Å². The number of benzene rings is 1. The number of imide groups is 1. The van der Waals surface area contributed by atoms with Crippen LogP contribution in [0, 0.1) is 6.92 Å². The van der Waals surface area contributed by atoms with Crippen molar-refractivity contribution in [1.82, 2.24) is 10.2 Å². The molecule has 28 heavy (non-hydrogen) atoms. The van der Waals surface area contributed by atoms with Crippen LogP contribution in [0.1, 0.15) is 34.4 Å². The number of amides is 3. The Hall–Kier alpha value is -3.49. The van der Waals surface area contributed by atoms with Gasteiger partial charge in [-0.05, 0) is 37.6 Å². The van der Waals surface area contributed by atoms with Crippen LogP contribution in [-0.2, 0) is 21.6 Å². The molecular weight excluding hydrogens is 368 g/mol. The molecule has 146 valence electrons. The van der Waals surface area contributed by atoms with Gasteiger partial charge in [-0.1, -0.05) is 6.07 Å². The summed E-state index contributed by atoms with van der Waals surface area (Å²) in [4.78, 5) is 38.3. The van der Waals surface area contributed by atoms with Crippen molar-refractivity contribution >= 4 is 17.9 Å². The molecule has 0 bridgehead atoms. The lowest BCUT2D eigenvalue weighted by Gasteiger charge is -2.22. The Morgan fingerprint density at radius 3 is 2.75 bits per heavy atom. The van der Waals surface area contributed by atoms with Gasteiger partial charge in [0.25, 0.3) is 5.91 Å². The van der Waals surface area contributed by atoms with E-state index in [0.29, 0.717) is 28.6 Å². The van der Waals surface area contributed by atoms with Gasteiger partial charge in [-0.3, -0.25) is 9.69 Å². The molecule has 2 aromatic rings. The molecule has 9 heteroatoms. The second kappa shape index (κ2) is 6.29. The minimum absolute atomic E-state index is 0.108. The molecule has 1 fully saturated rings. The monoisotopic (exact) mass is 386 g/mol. The van der Waals surface area contributed by atoms with Gasteiger partial charge in [0.1, 0.15) is 22.6 Å². The first-order valence-corrected chi connectivity index (χ1v) is 8.55. The van der Waals surface area contributed by atoms with Gasteiger partial charge in [-0.15, -0.1) is 0 Å². The highest BCUT2D eigenvalue weighted by atomic mass is 16.7. The number of fused-ring (bicyclic) bond motifs is 1. The predicted molar refractivity (Wildman–Crippen MR) is 93.8 cm³/mol. The summed E-state index contributed by atoms with van der Waals surface area (Å²) >= 11 is 0. The SMILES string of the molecule is COC(=O)c1cc(CN2C(=O)N[C@@](C)(c3ccc4c(c3)OCO4)C2=O)oc1C. The minimum atomic E-state index is -1.26. The highest BCUT2D eigenvalue weighted by Crippen LogP contribution is 2.38. The quantitative estimate of drug-likeness (QED) is 0.633. The first-order valence-electron chi connectivity index (χ1n) is 8.55. The van der Waals surface area contributed by atoms with Crippen LogP contribution >= 0.6 is 0 Å². The topological polar surface area (TPSA) is 107 Å². The number of ether oxygens (including phenoxy) is 3. The maximum Gasteiger partial charge on any atom is 0.341 e. The molecule has 0 saturated carbocycles. The van der Waals surface area contributed by atoms with E-state index in [9.17, 15) is 14.4 Å². The number of nitrogens with one attached hydrogen (secondary N) is 1. The molecule has 0 unspecified atom stereocenters. The molecule has 1 saturated heterocycles. The Balaban J connectivity index is 1.60. The zero-order chi connectivity index (χ0) is 20.1. The number of carbonyl (C=O) groups excluding carboxylic acids is 3. The second-order valence-corrected chi connectivity index (χ2v) is 6.69. The molecule has 4 rings (SSSR count). The molecule has 2 aliphatic heterocycles. The van der Waals surface area contributed by atoms with Crippen molar-refractivity contribution in [2.45, 2.75) is 25.9 Å². The van der Waals surface area contributed by atoms with Crippen molar-refractivity contribution in [1.29, 1.82) is 0 Å². The summed E-state index contributed by atoms with van der Waals surface area (Å²) in [6.07, 6.45) is 0. The lowest BCUT2D eigenvalue weighted by molar-refractivity contribution is -0.131. The first kappa shape index (κ1) is 17.9. The number of hydrogen-bond donors (Lipinski definition) is 1. The minimum Gasteiger partial charge on any atom is -0.465 e. The van der Waals surface area contributed by atoms with E-state index in [4.69, 9.17) is 13.9 Å². The zero-order valence-electron chi connectivity index (χ0n) is 15.5. The molecule has 1 aromatic carbocycles. The number of hydrogen-bond acceptors (Lipinski definition) is 7. The number of rotatable bonds is 4. The summed E-state index contributed by atoms with van der Waals surface area (Å²) in [5.41, 5.74) is -0.434. The van der Waals surface area contributed by atoms with E-state index in [1.54, 1.807) is 32.0 Å². The molecule has 0 radical (unpaired) electrons. The third-order valence-electron chi connectivity index (χ3n) is 4.91. The van der Waals surface area contributed by atoms with Crippen molar-refractivity contribution in [3.63, 3.8) is 0 Å². The summed E-state index contributed by atoms with van der Waals surface area (Å²) in [7, 11) is 1.27. The summed E-state index contributed by atoms with van der Waals surface area (Å²) in [5, 5.41) is 2.72. The number of methoxy groups -OCH3 is 1. The molecule has 0 aliphatic carbocycles. The molecule has 1 atom stereocenters. The van der Waals surface area contributed by atoms with Crippen LogP contribution in [0.4, 0.5) is 4.79 Å². The number of furan rings is 1. The number of carbonyl (C=O) groups is 3. The number of esters is 1. The fourth-order valence-corrected chi connectivity index (χ4v) is 3.33. The zero-order valence-corrected chi connectivity index (χ0v) is 15.5. The second-order valence-electron chi connectivity index (χ2n) is 6.69. The average Bonchev–Trinajstić information content (AvgIpc) is 3.34. The Morgan fingerprint density at radius 2 is 2.00 bits per heavy atom. The first-order chi connectivity index (χ1) is 13.3. The van der Waals surface area contributed by atoms with Crippen molar-refractivity contribution < 1.29 is 33.0 Å². The average molecular weight is 386 g/mol. The molecule has 1 N–H and O–H groups in total. The molecule has 3 heterocycles. The van der Waals surface area contributed by atoms with Crippen molar-refractivity contribution in [2.24, 2.45) is 0 Å². The lowest BCUT2D eigenvalue weighted by Crippen LogP contribution is -2.40. The van der Waals surface area contributed by atoms with Crippen molar-refractivity contribution in [2.75, 3.05) is 13.9 Å². The normalized spacial score (nSPS) is 20.5. The van der Waals surface area contributed by atoms with E-state index in [-0.39, 0.29) is 18.9 Å². The van der Waals surface area contributed by atoms with Crippen LogP contribution in [0.5, 0.6) is 11.5 Å². The largest absolute Gasteiger partial charge is 0.465 e. The molecule has 9 nitrogen and oxygen atoms in total. The fourth-order valence-electron chi connectivity index (χ4n) is 3.33. The van der Waals surface area contributed by atoms with Crippen molar-refractivity contribution in [3.05, 3.63) is 46.9 Å². The Bertz CT molecular complexity index is 996. The summed E-state index contributed by atoms with van der Waals surface area (Å²) in [5.74, 6) is 0.773. The third kappa shape index (κ3) is 2.67. The van der Waals surface area contributed by atoms with Gasteiger partial charge < -0.3 is 23.9 Å². The van der Waals surface area contributed by atoms with Gasteiger partial charge in [-0.25, -0.2) is 9.59 Å². The van der Waals surface area contributed by atoms with Gasteiger partial charge >= 0.3 is 12.0 Å². The highest BCUT2D eigenvalue weighted by molar-refractivity contribution is 6.07. The summed E-state index contributed by atoms with van der Waals surface area (Å²) in [6, 6.07) is 6.00. The number of nitrogens with zero attached hydrogens (tertiary/aromatic N) is 1. The Kier molecular flexibility index (Phi) is 4.02. The van der Waals surface area contributed by atoms with E-state index in [1.807, 2.05) is 0 Å². The van der Waals surface area contributed by atoms with Gasteiger partial charge in [-0.2, -0.15) is 0 Å². The van der Waals surface area contributed by atoms with E-state index in [1.165, 1.54) is 13.2 Å². The van der Waals surface area contributed by atoms with Crippen LogP contribution in [0.3, 0.4) is 0 Å². The van der Waals surface area contributed by atoms with Crippen LogP contribution in [-0.4, -0.2) is 36.7 Å². The van der Waals surface area contributed by atoms with Crippen LogP contribution < -0.4 is 14.8 Å². The standard InChI is InChI=1S/C19H18N2O7/c1-10-13(16(22)25-3)7-12(28-10)8-21-17(23)19(2,20-18(21)24)11-4-5-14-15(6-11)27-9-26-14/h4-7H,8-9H2,1-3H3,(H,20,24)/t19-/m0/s1. The third-order valence-corrected chi connectivity index (χ3v) is 4.91. The Labute approximate surface area is 160 Å². The number of urea groups is 1. The molecule has 0 spiro atoms. The van der Waals surface area contributed by atoms with Crippen LogP contribution in [0.25, 0.3) is 0 Å². The van der Waals surface area contributed by atoms with E-state index in [0.717, 1.165) is 4.90 Å². The predicted octanol–water partition coefficient (Wildman–Crippen LogP) is 2.07. The lowest BCUT2D eigenvalue weighted by atomic mass is 9.91. The maximum atomic E-state index is 13.1. The molecule has 2 aliphatic rings. The molecule has 3 amide bonds. The van der Waals surface area contributed by atoms with Crippen molar-refractivity contribution in [3.8, 4) is 11.5 Å². The number of aryl methyl sites for hydroxylation is 1. The van der Waals surface area contributed by atoms with Gasteiger partial charge in [0.15, 0.2) is 11.5 Å². The van der Waals surface area contributed by atoms with Crippen LogP contribution in [0.15, 0.2) is 28.7 Å². The smallest absolute Gasteiger partial charge is 0.341 e. The van der Waals surface area contributed by atoms with Gasteiger partial charge in [0.05, 0.1) is 13.7 Å². The molecule has 1 aromatic heterocycles. The maximum absolute atomic E-state index is 13.1. The van der Waals surface area contributed by atoms with E-state index >= 15 is 0 Å².